The van der Waals surface area contributed by atoms with Crippen LogP contribution in [0.3, 0.4) is 0 Å². The van der Waals surface area contributed by atoms with Crippen LogP contribution in [-0.4, -0.2) is 51.8 Å². The number of ether oxygens (including phenoxy) is 1. The largest absolute Gasteiger partial charge is 0.492 e. The molecule has 5 heteroatoms. The Morgan fingerprint density at radius 1 is 1.29 bits per heavy atom. The van der Waals surface area contributed by atoms with Crippen molar-refractivity contribution in [3.63, 3.8) is 0 Å². The summed E-state index contributed by atoms with van der Waals surface area (Å²) in [5.74, 6) is 0.801. The molecule has 0 aromatic heterocycles. The van der Waals surface area contributed by atoms with Gasteiger partial charge in [0.05, 0.1) is 19.3 Å². The van der Waals surface area contributed by atoms with Crippen molar-refractivity contribution in [1.82, 2.24) is 0 Å². The van der Waals surface area contributed by atoms with E-state index in [0.717, 1.165) is 37.6 Å². The van der Waals surface area contributed by atoms with E-state index in [1.807, 2.05) is 38.1 Å². The number of rotatable bonds is 5. The molecule has 1 aliphatic heterocycles. The lowest BCUT2D eigenvalue weighted by Crippen LogP contribution is -3.29. The number of hydrogen-bond donors (Lipinski definition) is 3. The molecule has 2 rings (SSSR count). The number of quaternary nitrogens is 2. The fourth-order valence-electron chi connectivity index (χ4n) is 2.71. The van der Waals surface area contributed by atoms with Crippen LogP contribution in [0.5, 0.6) is 5.75 Å². The number of anilines is 1. The standard InChI is InChI=1S/C16H25N3O2/c1-4-21-15-8-6-5-7-14(15)17-16(20)13(2)19-11-9-18(3)10-12-19/h5-8,13H,4,9-12H2,1-3H3,(H,17,20)/p+2/t13-/m0/s1. The average Bonchev–Trinajstić information content (AvgIpc) is 2.49. The Morgan fingerprint density at radius 2 is 1.95 bits per heavy atom. The Labute approximate surface area is 126 Å². The molecular weight excluding hydrogens is 266 g/mol. The number of benzene rings is 1. The van der Waals surface area contributed by atoms with Gasteiger partial charge in [0.1, 0.15) is 31.9 Å². The minimum absolute atomic E-state index is 0.0345. The first-order chi connectivity index (χ1) is 10.1. The normalized spacial score (nSPS) is 23.4. The van der Waals surface area contributed by atoms with E-state index in [1.165, 1.54) is 4.90 Å². The summed E-state index contributed by atoms with van der Waals surface area (Å²) in [5, 5.41) is 3.01. The molecule has 1 heterocycles. The van der Waals surface area contributed by atoms with Crippen molar-refractivity contribution >= 4 is 11.6 Å². The molecule has 21 heavy (non-hydrogen) atoms. The summed E-state index contributed by atoms with van der Waals surface area (Å²) < 4.78 is 5.55. The van der Waals surface area contributed by atoms with E-state index in [-0.39, 0.29) is 11.9 Å². The second-order valence-corrected chi connectivity index (χ2v) is 5.76. The van der Waals surface area contributed by atoms with Gasteiger partial charge < -0.3 is 19.9 Å². The Balaban J connectivity index is 1.97. The fraction of sp³-hybridized carbons (Fsp3) is 0.562. The van der Waals surface area contributed by atoms with E-state index in [4.69, 9.17) is 4.74 Å². The number of amides is 1. The van der Waals surface area contributed by atoms with Crippen molar-refractivity contribution in [1.29, 1.82) is 0 Å². The van der Waals surface area contributed by atoms with E-state index in [2.05, 4.69) is 12.4 Å². The lowest BCUT2D eigenvalue weighted by molar-refractivity contribution is -1.01. The van der Waals surface area contributed by atoms with Gasteiger partial charge in [-0.05, 0) is 26.0 Å². The highest BCUT2D eigenvalue weighted by molar-refractivity contribution is 5.94. The Morgan fingerprint density at radius 3 is 2.62 bits per heavy atom. The molecule has 0 saturated carbocycles. The van der Waals surface area contributed by atoms with Crippen LogP contribution in [0.25, 0.3) is 0 Å². The van der Waals surface area contributed by atoms with E-state index < -0.39 is 0 Å². The van der Waals surface area contributed by atoms with Crippen LogP contribution in [0.15, 0.2) is 24.3 Å². The lowest BCUT2D eigenvalue weighted by atomic mass is 10.2. The molecule has 1 atom stereocenters. The fourth-order valence-corrected chi connectivity index (χ4v) is 2.71. The van der Waals surface area contributed by atoms with E-state index in [1.54, 1.807) is 4.90 Å². The molecule has 1 aliphatic rings. The second kappa shape index (κ2) is 7.43. The number of piperazine rings is 1. The highest BCUT2D eigenvalue weighted by Crippen LogP contribution is 2.23. The zero-order valence-electron chi connectivity index (χ0n) is 13.2. The van der Waals surface area contributed by atoms with Crippen LogP contribution in [0.4, 0.5) is 5.69 Å². The van der Waals surface area contributed by atoms with Crippen LogP contribution in [-0.2, 0) is 4.79 Å². The number of likely N-dealkylation sites (N-methyl/N-ethyl adjacent to an activating group) is 1. The molecule has 1 saturated heterocycles. The molecule has 116 valence electrons. The first-order valence-electron chi connectivity index (χ1n) is 7.80. The summed E-state index contributed by atoms with van der Waals surface area (Å²) in [6.45, 7) is 8.90. The second-order valence-electron chi connectivity index (χ2n) is 5.76. The summed E-state index contributed by atoms with van der Waals surface area (Å²) >= 11 is 0. The smallest absolute Gasteiger partial charge is 0.282 e. The van der Waals surface area contributed by atoms with Crippen LogP contribution >= 0.6 is 0 Å². The minimum atomic E-state index is -0.0345. The maximum Gasteiger partial charge on any atom is 0.282 e. The predicted octanol–water partition coefficient (Wildman–Crippen LogP) is -1.17. The third-order valence-corrected chi connectivity index (χ3v) is 4.20. The summed E-state index contributed by atoms with van der Waals surface area (Å²) in [6, 6.07) is 7.57. The number of nitrogens with one attached hydrogen (secondary N) is 3. The summed E-state index contributed by atoms with van der Waals surface area (Å²) in [6.07, 6.45) is 0. The maximum absolute atomic E-state index is 12.5. The number of carbonyl (C=O) groups excluding carboxylic acids is 1. The summed E-state index contributed by atoms with van der Waals surface area (Å²) in [7, 11) is 2.21. The van der Waals surface area contributed by atoms with E-state index in [9.17, 15) is 4.79 Å². The van der Waals surface area contributed by atoms with Crippen molar-refractivity contribution in [3.8, 4) is 5.75 Å². The van der Waals surface area contributed by atoms with E-state index >= 15 is 0 Å². The van der Waals surface area contributed by atoms with Gasteiger partial charge in [0, 0.05) is 0 Å². The molecule has 1 aromatic rings. The van der Waals surface area contributed by atoms with Crippen LogP contribution in [0, 0.1) is 0 Å². The number of para-hydroxylation sites is 2. The zero-order chi connectivity index (χ0) is 15.2. The average molecular weight is 293 g/mol. The van der Waals surface area contributed by atoms with Gasteiger partial charge >= 0.3 is 0 Å². The monoisotopic (exact) mass is 293 g/mol. The number of hydrogen-bond acceptors (Lipinski definition) is 2. The summed E-state index contributed by atoms with van der Waals surface area (Å²) in [5.41, 5.74) is 0.760. The SMILES string of the molecule is CCOc1ccccc1NC(=O)[C@H](C)[NH+]1CC[NH+](C)CC1. The van der Waals surface area contributed by atoms with Gasteiger partial charge in [-0.3, -0.25) is 4.79 Å². The molecule has 1 amide bonds. The molecule has 0 radical (unpaired) electrons. The molecule has 0 unspecified atom stereocenters. The van der Waals surface area contributed by atoms with Gasteiger partial charge in [-0.2, -0.15) is 0 Å². The lowest BCUT2D eigenvalue weighted by Gasteiger charge is -2.30. The molecule has 1 aromatic carbocycles. The molecule has 5 nitrogen and oxygen atoms in total. The van der Waals surface area contributed by atoms with Gasteiger partial charge in [-0.1, -0.05) is 12.1 Å². The van der Waals surface area contributed by atoms with Crippen LogP contribution in [0.2, 0.25) is 0 Å². The van der Waals surface area contributed by atoms with Crippen molar-refractivity contribution < 1.29 is 19.3 Å². The van der Waals surface area contributed by atoms with Gasteiger partial charge in [0.15, 0.2) is 6.04 Å². The van der Waals surface area contributed by atoms with Gasteiger partial charge in [-0.15, -0.1) is 0 Å². The molecule has 0 spiro atoms. The van der Waals surface area contributed by atoms with E-state index in [0.29, 0.717) is 6.61 Å². The molecule has 0 bridgehead atoms. The van der Waals surface area contributed by atoms with Crippen molar-refractivity contribution in [2.45, 2.75) is 19.9 Å². The van der Waals surface area contributed by atoms with Gasteiger partial charge in [-0.25, -0.2) is 0 Å². The number of carbonyl (C=O) groups is 1. The molecular formula is C16H27N3O2+2. The first-order valence-corrected chi connectivity index (χ1v) is 7.80. The third kappa shape index (κ3) is 4.19. The van der Waals surface area contributed by atoms with Gasteiger partial charge in [0.2, 0.25) is 0 Å². The Bertz CT molecular complexity index is 470. The highest BCUT2D eigenvalue weighted by atomic mass is 16.5. The topological polar surface area (TPSA) is 47.2 Å². The van der Waals surface area contributed by atoms with Crippen LogP contribution in [0.1, 0.15) is 13.8 Å². The maximum atomic E-state index is 12.5. The molecule has 3 N–H and O–H groups in total. The quantitative estimate of drug-likeness (QED) is 0.640. The highest BCUT2D eigenvalue weighted by Gasteiger charge is 2.30. The third-order valence-electron chi connectivity index (χ3n) is 4.20. The Kier molecular flexibility index (Phi) is 5.59. The van der Waals surface area contributed by atoms with Crippen molar-refractivity contribution in [2.24, 2.45) is 0 Å². The molecule has 1 fully saturated rings. The summed E-state index contributed by atoms with van der Waals surface area (Å²) in [4.78, 5) is 15.4. The Hall–Kier alpha value is -1.59. The molecule has 0 aliphatic carbocycles. The minimum Gasteiger partial charge on any atom is -0.492 e. The first kappa shape index (κ1) is 15.8. The van der Waals surface area contributed by atoms with Crippen molar-refractivity contribution in [2.75, 3.05) is 45.2 Å². The van der Waals surface area contributed by atoms with Crippen molar-refractivity contribution in [3.05, 3.63) is 24.3 Å². The van der Waals surface area contributed by atoms with Crippen LogP contribution < -0.4 is 19.9 Å². The zero-order valence-corrected chi connectivity index (χ0v) is 13.2. The van der Waals surface area contributed by atoms with Gasteiger partial charge in [0.25, 0.3) is 5.91 Å². The predicted molar refractivity (Wildman–Crippen MR) is 83.0 cm³/mol.